The van der Waals surface area contributed by atoms with E-state index in [0.717, 1.165) is 13.0 Å². The van der Waals surface area contributed by atoms with E-state index >= 15 is 0 Å². The zero-order chi connectivity index (χ0) is 9.26. The molecule has 2 heteroatoms. The molecule has 1 aliphatic rings. The highest BCUT2D eigenvalue weighted by molar-refractivity contribution is 5.21. The van der Waals surface area contributed by atoms with E-state index in [1.165, 1.54) is 17.7 Å². The van der Waals surface area contributed by atoms with E-state index in [2.05, 4.69) is 6.92 Å². The molecule has 0 N–H and O–H groups in total. The maximum atomic E-state index is 12.6. The van der Waals surface area contributed by atoms with Crippen molar-refractivity contribution in [2.75, 3.05) is 6.61 Å². The number of benzene rings is 1. The highest BCUT2D eigenvalue weighted by atomic mass is 19.1. The van der Waals surface area contributed by atoms with Gasteiger partial charge in [-0.3, -0.25) is 0 Å². The van der Waals surface area contributed by atoms with Gasteiger partial charge < -0.3 is 4.74 Å². The minimum atomic E-state index is -0.171. The molecule has 1 aromatic rings. The molecule has 1 saturated heterocycles. The molecule has 13 heavy (non-hydrogen) atoms. The number of rotatable bonds is 1. The Bertz CT molecular complexity index is 281. The monoisotopic (exact) mass is 180 g/mol. The van der Waals surface area contributed by atoms with Gasteiger partial charge in [0.2, 0.25) is 0 Å². The predicted octanol–water partition coefficient (Wildman–Crippen LogP) is 2.72. The summed E-state index contributed by atoms with van der Waals surface area (Å²) in [5, 5.41) is 0. The molecule has 1 nitrogen and oxygen atoms in total. The van der Waals surface area contributed by atoms with E-state index in [1.54, 1.807) is 0 Å². The first-order valence-corrected chi connectivity index (χ1v) is 4.63. The predicted molar refractivity (Wildman–Crippen MR) is 49.2 cm³/mol. The molecule has 1 aromatic carbocycles. The number of hydrogen-bond acceptors (Lipinski definition) is 1. The molecule has 1 aliphatic heterocycles. The van der Waals surface area contributed by atoms with Crippen LogP contribution < -0.4 is 0 Å². The molecular weight excluding hydrogens is 167 g/mol. The topological polar surface area (TPSA) is 9.23 Å². The molecule has 0 aromatic heterocycles. The molecule has 2 atom stereocenters. The summed E-state index contributed by atoms with van der Waals surface area (Å²) in [5.41, 5.74) is 1.19. The van der Waals surface area contributed by atoms with Crippen molar-refractivity contribution in [1.29, 1.82) is 0 Å². The lowest BCUT2D eigenvalue weighted by molar-refractivity contribution is 0.123. The van der Waals surface area contributed by atoms with Crippen LogP contribution in [0.4, 0.5) is 4.39 Å². The average Bonchev–Trinajstić information content (AvgIpc) is 2.53. The quantitative estimate of drug-likeness (QED) is 0.645. The summed E-state index contributed by atoms with van der Waals surface area (Å²) in [6.07, 6.45) is 1.39. The lowest BCUT2D eigenvalue weighted by atomic mass is 9.97. The Morgan fingerprint density at radius 2 is 2.00 bits per heavy atom. The van der Waals surface area contributed by atoms with Gasteiger partial charge in [-0.25, -0.2) is 4.39 Å². The van der Waals surface area contributed by atoms with Gasteiger partial charge in [0.05, 0.1) is 12.7 Å². The number of halogens is 1. The molecular formula is C11H13FO. The summed E-state index contributed by atoms with van der Waals surface area (Å²) in [4.78, 5) is 0. The Balaban J connectivity index is 2.13. The van der Waals surface area contributed by atoms with Gasteiger partial charge in [-0.2, -0.15) is 0 Å². The van der Waals surface area contributed by atoms with E-state index in [0.29, 0.717) is 12.0 Å². The fraction of sp³-hybridized carbons (Fsp3) is 0.455. The summed E-state index contributed by atoms with van der Waals surface area (Å²) >= 11 is 0. The molecule has 0 unspecified atom stereocenters. The van der Waals surface area contributed by atoms with E-state index in [-0.39, 0.29) is 5.82 Å². The smallest absolute Gasteiger partial charge is 0.123 e. The highest BCUT2D eigenvalue weighted by Gasteiger charge is 2.23. The van der Waals surface area contributed by atoms with Crippen LogP contribution in [0.3, 0.4) is 0 Å². The Hall–Kier alpha value is -0.890. The molecule has 0 aliphatic carbocycles. The third-order valence-corrected chi connectivity index (χ3v) is 2.54. The average molecular weight is 180 g/mol. The number of hydrogen-bond donors (Lipinski definition) is 0. The van der Waals surface area contributed by atoms with Crippen molar-refractivity contribution in [3.05, 3.63) is 35.6 Å². The first-order valence-electron chi connectivity index (χ1n) is 4.63. The Morgan fingerprint density at radius 1 is 1.31 bits per heavy atom. The highest BCUT2D eigenvalue weighted by Crippen LogP contribution is 2.28. The van der Waals surface area contributed by atoms with Gasteiger partial charge in [0.15, 0.2) is 0 Å². The van der Waals surface area contributed by atoms with E-state index < -0.39 is 0 Å². The lowest BCUT2D eigenvalue weighted by Gasteiger charge is -2.06. The summed E-state index contributed by atoms with van der Waals surface area (Å²) in [6, 6.07) is 6.72. The maximum Gasteiger partial charge on any atom is 0.123 e. The second-order valence-corrected chi connectivity index (χ2v) is 3.63. The second kappa shape index (κ2) is 3.46. The maximum absolute atomic E-state index is 12.6. The minimum Gasteiger partial charge on any atom is -0.378 e. The van der Waals surface area contributed by atoms with Gasteiger partial charge in [-0.1, -0.05) is 12.1 Å². The van der Waals surface area contributed by atoms with Gasteiger partial charge in [0.1, 0.15) is 5.82 Å². The van der Waals surface area contributed by atoms with Crippen LogP contribution in [0.2, 0.25) is 0 Å². The van der Waals surface area contributed by atoms with Crippen LogP contribution in [0.15, 0.2) is 24.3 Å². The number of ether oxygens (including phenoxy) is 1. The molecule has 1 fully saturated rings. The van der Waals surface area contributed by atoms with Crippen molar-refractivity contribution in [2.24, 2.45) is 0 Å². The van der Waals surface area contributed by atoms with Crippen molar-refractivity contribution in [2.45, 2.75) is 25.4 Å². The van der Waals surface area contributed by atoms with E-state index in [4.69, 9.17) is 4.74 Å². The van der Waals surface area contributed by atoms with Gasteiger partial charge in [-0.15, -0.1) is 0 Å². The van der Waals surface area contributed by atoms with Crippen molar-refractivity contribution in [3.63, 3.8) is 0 Å². The molecule has 0 saturated carbocycles. The van der Waals surface area contributed by atoms with Crippen LogP contribution in [-0.4, -0.2) is 12.7 Å². The van der Waals surface area contributed by atoms with E-state index in [9.17, 15) is 4.39 Å². The third kappa shape index (κ3) is 1.89. The van der Waals surface area contributed by atoms with Crippen LogP contribution >= 0.6 is 0 Å². The van der Waals surface area contributed by atoms with Crippen LogP contribution in [0.1, 0.15) is 24.8 Å². The zero-order valence-electron chi connectivity index (χ0n) is 7.66. The Kier molecular flexibility index (Phi) is 2.32. The second-order valence-electron chi connectivity index (χ2n) is 3.63. The molecule has 0 spiro atoms. The first-order chi connectivity index (χ1) is 6.25. The van der Waals surface area contributed by atoms with Gasteiger partial charge in [0, 0.05) is 5.92 Å². The first kappa shape index (κ1) is 8.70. The molecule has 2 rings (SSSR count). The molecule has 0 radical (unpaired) electrons. The molecule has 1 heterocycles. The van der Waals surface area contributed by atoms with E-state index in [1.807, 2.05) is 12.1 Å². The molecule has 70 valence electrons. The summed E-state index contributed by atoms with van der Waals surface area (Å²) in [5.74, 6) is 0.284. The fourth-order valence-electron chi connectivity index (χ4n) is 1.78. The summed E-state index contributed by atoms with van der Waals surface area (Å²) in [7, 11) is 0. The zero-order valence-corrected chi connectivity index (χ0v) is 7.66. The van der Waals surface area contributed by atoms with Crippen molar-refractivity contribution in [3.8, 4) is 0 Å². The Morgan fingerprint density at radius 3 is 2.54 bits per heavy atom. The standard InChI is InChI=1S/C11H13FO/c1-8-6-10(7-13-8)9-2-4-11(12)5-3-9/h2-5,8,10H,6-7H2,1H3/t8-,10+/m0/s1. The molecule has 0 bridgehead atoms. The van der Waals surface area contributed by atoms with Crippen molar-refractivity contribution >= 4 is 0 Å². The largest absolute Gasteiger partial charge is 0.378 e. The Labute approximate surface area is 77.5 Å². The third-order valence-electron chi connectivity index (χ3n) is 2.54. The van der Waals surface area contributed by atoms with Crippen LogP contribution in [0.5, 0.6) is 0 Å². The van der Waals surface area contributed by atoms with Crippen molar-refractivity contribution < 1.29 is 9.13 Å². The normalized spacial score (nSPS) is 27.8. The van der Waals surface area contributed by atoms with Crippen molar-refractivity contribution in [1.82, 2.24) is 0 Å². The summed E-state index contributed by atoms with van der Waals surface area (Å²) in [6.45, 7) is 2.84. The van der Waals surface area contributed by atoms with Crippen LogP contribution in [0, 0.1) is 5.82 Å². The molecule has 0 amide bonds. The minimum absolute atomic E-state index is 0.171. The van der Waals surface area contributed by atoms with Gasteiger partial charge >= 0.3 is 0 Å². The SMILES string of the molecule is C[C@H]1C[C@@H](c2ccc(F)cc2)CO1. The van der Waals surface area contributed by atoms with Gasteiger partial charge in [0.25, 0.3) is 0 Å². The fourth-order valence-corrected chi connectivity index (χ4v) is 1.78. The lowest BCUT2D eigenvalue weighted by Crippen LogP contribution is -1.97. The van der Waals surface area contributed by atoms with Gasteiger partial charge in [-0.05, 0) is 31.0 Å². The van der Waals surface area contributed by atoms with Crippen LogP contribution in [-0.2, 0) is 4.74 Å². The summed E-state index contributed by atoms with van der Waals surface area (Å²) < 4.78 is 18.1. The van der Waals surface area contributed by atoms with Crippen LogP contribution in [0.25, 0.3) is 0 Å².